The molecular formula is C30H25F3N4O4. The zero-order valence-corrected chi connectivity index (χ0v) is 21.7. The van der Waals surface area contributed by atoms with E-state index < -0.39 is 12.1 Å². The molecule has 11 heteroatoms. The summed E-state index contributed by atoms with van der Waals surface area (Å²) in [5.41, 5.74) is 8.19. The molecular weight excluding hydrogens is 537 g/mol. The van der Waals surface area contributed by atoms with E-state index in [0.29, 0.717) is 0 Å². The predicted molar refractivity (Wildman–Crippen MR) is 146 cm³/mol. The fourth-order valence-electron chi connectivity index (χ4n) is 4.71. The number of hydrogen-bond donors (Lipinski definition) is 2. The van der Waals surface area contributed by atoms with Crippen LogP contribution >= 0.6 is 0 Å². The maximum absolute atomic E-state index is 10.6. The van der Waals surface area contributed by atoms with E-state index in [9.17, 15) is 13.2 Å². The molecule has 210 valence electrons. The lowest BCUT2D eigenvalue weighted by Gasteiger charge is -2.12. The molecule has 0 atom stereocenters. The number of fused-ring (bicyclic) bond motifs is 2. The van der Waals surface area contributed by atoms with Crippen LogP contribution in [0.2, 0.25) is 0 Å². The molecule has 0 bridgehead atoms. The van der Waals surface area contributed by atoms with E-state index in [2.05, 4.69) is 33.9 Å². The molecule has 4 heterocycles. The smallest absolute Gasteiger partial charge is 0.490 e. The van der Waals surface area contributed by atoms with Crippen LogP contribution in [0.4, 0.5) is 13.2 Å². The lowest BCUT2D eigenvalue weighted by atomic mass is 9.94. The minimum absolute atomic E-state index is 0.00797. The van der Waals surface area contributed by atoms with Gasteiger partial charge in [-0.3, -0.25) is 9.67 Å². The number of aromatic nitrogens is 4. The molecule has 2 N–H and O–H groups in total. The van der Waals surface area contributed by atoms with Crippen LogP contribution < -0.4 is 4.74 Å². The fourth-order valence-corrected chi connectivity index (χ4v) is 4.71. The Bertz CT molecular complexity index is 1670. The van der Waals surface area contributed by atoms with E-state index in [0.717, 1.165) is 69.8 Å². The van der Waals surface area contributed by atoms with E-state index >= 15 is 0 Å². The lowest BCUT2D eigenvalue weighted by Crippen LogP contribution is -2.21. The number of carboxylic acids is 1. The maximum Gasteiger partial charge on any atom is 0.490 e. The minimum Gasteiger partial charge on any atom is -0.491 e. The van der Waals surface area contributed by atoms with Gasteiger partial charge in [0, 0.05) is 34.9 Å². The second-order valence-corrected chi connectivity index (χ2v) is 9.18. The molecule has 0 unspecified atom stereocenters. The number of pyridine rings is 2. The molecule has 0 aliphatic carbocycles. The van der Waals surface area contributed by atoms with Crippen molar-refractivity contribution in [3.8, 4) is 39.5 Å². The van der Waals surface area contributed by atoms with Crippen molar-refractivity contribution in [2.24, 2.45) is 0 Å². The SMILES string of the molecule is O=C(O)C(F)(F)F.OCCOc1ccc(-c2cc(-c3c(-c4ccccn4)nn4c3CCC4)c3ccccc3n2)cc1. The third kappa shape index (κ3) is 6.04. The lowest BCUT2D eigenvalue weighted by molar-refractivity contribution is -0.192. The Morgan fingerprint density at radius 1 is 1.00 bits per heavy atom. The van der Waals surface area contributed by atoms with Gasteiger partial charge >= 0.3 is 12.1 Å². The Balaban J connectivity index is 0.000000431. The van der Waals surface area contributed by atoms with Crippen LogP contribution in [0.1, 0.15) is 12.1 Å². The van der Waals surface area contributed by atoms with E-state index in [-0.39, 0.29) is 13.2 Å². The summed E-state index contributed by atoms with van der Waals surface area (Å²) < 4.78 is 39.4. The zero-order chi connectivity index (χ0) is 29.0. The Kier molecular flexibility index (Phi) is 7.97. The van der Waals surface area contributed by atoms with Crippen LogP contribution in [0, 0.1) is 0 Å². The second-order valence-electron chi connectivity index (χ2n) is 9.18. The standard InChI is InChI=1S/C28H24N4O2.C2HF3O2/c33-16-17-34-20-12-10-19(11-13-20)25-18-22(21-6-1-2-7-23(21)30-25)27-26-9-5-15-32(26)31-28(27)24-8-3-4-14-29-24;3-2(4,5)1(6)7/h1-4,6-8,10-14,18,33H,5,9,15-17H2;(H,6,7). The predicted octanol–water partition coefficient (Wildman–Crippen LogP) is 5.78. The van der Waals surface area contributed by atoms with Gasteiger partial charge in [-0.2, -0.15) is 18.3 Å². The topological polar surface area (TPSA) is 110 Å². The monoisotopic (exact) mass is 562 g/mol. The first kappa shape index (κ1) is 27.8. The highest BCUT2D eigenvalue weighted by Gasteiger charge is 2.38. The average molecular weight is 563 g/mol. The minimum atomic E-state index is -5.08. The number of aliphatic carboxylic acids is 1. The third-order valence-electron chi connectivity index (χ3n) is 6.49. The van der Waals surface area contributed by atoms with Crippen molar-refractivity contribution in [2.45, 2.75) is 25.6 Å². The van der Waals surface area contributed by atoms with Gasteiger partial charge in [0.15, 0.2) is 0 Å². The molecule has 0 saturated heterocycles. The van der Waals surface area contributed by atoms with Gasteiger partial charge in [-0.25, -0.2) is 9.78 Å². The number of ether oxygens (including phenoxy) is 1. The number of rotatable bonds is 6. The Morgan fingerprint density at radius 2 is 1.73 bits per heavy atom. The van der Waals surface area contributed by atoms with Gasteiger partial charge in [-0.05, 0) is 66.9 Å². The van der Waals surface area contributed by atoms with E-state index in [1.807, 2.05) is 54.7 Å². The molecule has 0 spiro atoms. The van der Waals surface area contributed by atoms with Crippen LogP contribution in [0.25, 0.3) is 44.7 Å². The number of carbonyl (C=O) groups is 1. The Morgan fingerprint density at radius 3 is 2.41 bits per heavy atom. The molecule has 3 aromatic heterocycles. The van der Waals surface area contributed by atoms with Crippen LogP contribution in [-0.4, -0.2) is 55.3 Å². The van der Waals surface area contributed by atoms with Crippen molar-refractivity contribution < 1.29 is 32.9 Å². The quantitative estimate of drug-likeness (QED) is 0.270. The van der Waals surface area contributed by atoms with Crippen molar-refractivity contribution in [2.75, 3.05) is 13.2 Å². The molecule has 0 radical (unpaired) electrons. The van der Waals surface area contributed by atoms with E-state index in [1.54, 1.807) is 0 Å². The van der Waals surface area contributed by atoms with Crippen LogP contribution in [0.3, 0.4) is 0 Å². The molecule has 0 saturated carbocycles. The van der Waals surface area contributed by atoms with Crippen LogP contribution in [0.5, 0.6) is 5.75 Å². The molecule has 1 aliphatic heterocycles. The molecule has 1 aliphatic rings. The van der Waals surface area contributed by atoms with Gasteiger partial charge in [0.2, 0.25) is 0 Å². The van der Waals surface area contributed by atoms with Crippen molar-refractivity contribution >= 4 is 16.9 Å². The zero-order valence-electron chi connectivity index (χ0n) is 21.7. The first-order valence-corrected chi connectivity index (χ1v) is 12.8. The number of carboxylic acid groups (broad SMARTS) is 1. The number of aliphatic hydroxyl groups excluding tert-OH is 1. The number of aliphatic hydroxyl groups is 1. The molecule has 2 aromatic carbocycles. The first-order valence-electron chi connectivity index (χ1n) is 12.8. The number of aryl methyl sites for hydroxylation is 1. The van der Waals surface area contributed by atoms with E-state index in [1.165, 1.54) is 5.69 Å². The largest absolute Gasteiger partial charge is 0.491 e. The van der Waals surface area contributed by atoms with Crippen molar-refractivity contribution in [3.63, 3.8) is 0 Å². The summed E-state index contributed by atoms with van der Waals surface area (Å²) in [6.07, 6.45) is -1.17. The number of para-hydroxylation sites is 1. The summed E-state index contributed by atoms with van der Waals surface area (Å²) in [4.78, 5) is 18.5. The van der Waals surface area contributed by atoms with Gasteiger partial charge in [-0.15, -0.1) is 0 Å². The molecule has 41 heavy (non-hydrogen) atoms. The number of benzene rings is 2. The van der Waals surface area contributed by atoms with Crippen molar-refractivity contribution in [3.05, 3.63) is 84.7 Å². The summed E-state index contributed by atoms with van der Waals surface area (Å²) in [6, 6.07) is 24.3. The van der Waals surface area contributed by atoms with Gasteiger partial charge in [-0.1, -0.05) is 24.3 Å². The highest BCUT2D eigenvalue weighted by molar-refractivity contribution is 6.00. The van der Waals surface area contributed by atoms with Crippen LogP contribution in [-0.2, 0) is 17.8 Å². The summed E-state index contributed by atoms with van der Waals surface area (Å²) >= 11 is 0. The summed E-state index contributed by atoms with van der Waals surface area (Å²) in [5.74, 6) is -2.03. The Hall–Kier alpha value is -4.77. The first-order chi connectivity index (χ1) is 19.8. The summed E-state index contributed by atoms with van der Waals surface area (Å²) in [7, 11) is 0. The number of halogens is 3. The molecule has 5 aromatic rings. The third-order valence-corrected chi connectivity index (χ3v) is 6.49. The van der Waals surface area contributed by atoms with Gasteiger partial charge in [0.25, 0.3) is 0 Å². The number of nitrogens with zero attached hydrogens (tertiary/aromatic N) is 4. The van der Waals surface area contributed by atoms with Gasteiger partial charge < -0.3 is 14.9 Å². The summed E-state index contributed by atoms with van der Waals surface area (Å²) in [5, 5.41) is 22.2. The average Bonchev–Trinajstić information content (AvgIpc) is 3.58. The number of hydrogen-bond acceptors (Lipinski definition) is 6. The fraction of sp³-hybridized carbons (Fsp3) is 0.200. The van der Waals surface area contributed by atoms with Crippen LogP contribution in [0.15, 0.2) is 79.0 Å². The highest BCUT2D eigenvalue weighted by Crippen LogP contribution is 2.41. The van der Waals surface area contributed by atoms with Crippen molar-refractivity contribution in [1.29, 1.82) is 0 Å². The highest BCUT2D eigenvalue weighted by atomic mass is 19.4. The van der Waals surface area contributed by atoms with E-state index in [4.69, 9.17) is 29.8 Å². The summed E-state index contributed by atoms with van der Waals surface area (Å²) in [6.45, 7) is 1.20. The second kappa shape index (κ2) is 11.8. The molecule has 0 amide bonds. The maximum atomic E-state index is 10.6. The van der Waals surface area contributed by atoms with Gasteiger partial charge in [0.05, 0.1) is 23.5 Å². The molecule has 6 rings (SSSR count). The molecule has 0 fully saturated rings. The number of alkyl halides is 3. The Labute approximate surface area is 232 Å². The van der Waals surface area contributed by atoms with Gasteiger partial charge in [0.1, 0.15) is 18.1 Å². The molecule has 8 nitrogen and oxygen atoms in total. The normalized spacial score (nSPS) is 12.5. The van der Waals surface area contributed by atoms with Crippen molar-refractivity contribution in [1.82, 2.24) is 19.7 Å².